The number of rotatable bonds is 2. The Hall–Kier alpha value is -0.0431. The van der Waals surface area contributed by atoms with Gasteiger partial charge in [-0.05, 0) is 31.6 Å². The normalized spacial score (nSPS) is 22.3. The van der Waals surface area contributed by atoms with Gasteiger partial charge in [-0.3, -0.25) is 0 Å². The van der Waals surface area contributed by atoms with Gasteiger partial charge in [-0.25, -0.2) is 0 Å². The lowest BCUT2D eigenvalue weighted by Gasteiger charge is -2.27. The van der Waals surface area contributed by atoms with Gasteiger partial charge in [0.05, 0.1) is 0 Å². The van der Waals surface area contributed by atoms with E-state index in [0.717, 1.165) is 5.92 Å². The fourth-order valence-electron chi connectivity index (χ4n) is 3.31. The van der Waals surface area contributed by atoms with Gasteiger partial charge in [0.2, 0.25) is 0 Å². The molecule has 0 amide bonds. The smallest absolute Gasteiger partial charge is 0.0445 e. The zero-order valence-corrected chi connectivity index (χ0v) is 14.1. The van der Waals surface area contributed by atoms with Crippen LogP contribution in [0.5, 0.6) is 0 Å². The molecule has 0 aliphatic heterocycles. The topological polar surface area (TPSA) is 0 Å². The van der Waals surface area contributed by atoms with Crippen LogP contribution in [0.15, 0.2) is 12.2 Å². The molecule has 0 bridgehead atoms. The minimum Gasteiger partial charge on any atom is -0.0999 e. The Labute approximate surface area is 116 Å². The summed E-state index contributed by atoms with van der Waals surface area (Å²) in [4.78, 5) is 0. The maximum atomic E-state index is 3.91. The van der Waals surface area contributed by atoms with Crippen LogP contribution in [-0.4, -0.2) is 8.07 Å². The van der Waals surface area contributed by atoms with Crippen molar-refractivity contribution < 1.29 is 0 Å². The van der Waals surface area contributed by atoms with Gasteiger partial charge in [0, 0.05) is 8.07 Å². The molecule has 0 atom stereocenters. The molecule has 0 heterocycles. The quantitative estimate of drug-likeness (QED) is 0.400. The molecule has 2 rings (SSSR count). The molecule has 1 heteroatoms. The third-order valence-electron chi connectivity index (χ3n) is 4.19. The van der Waals surface area contributed by atoms with Crippen LogP contribution in [0.2, 0.25) is 25.7 Å². The predicted octanol–water partition coefficient (Wildman–Crippen LogP) is 6.41. The first-order chi connectivity index (χ1) is 8.47. The van der Waals surface area contributed by atoms with Gasteiger partial charge in [-0.1, -0.05) is 76.4 Å². The number of hydrogen-bond acceptors (Lipinski definition) is 0. The highest BCUT2D eigenvalue weighted by Gasteiger charge is 2.21. The monoisotopic (exact) mass is 266 g/mol. The van der Waals surface area contributed by atoms with Gasteiger partial charge in [-0.2, -0.15) is 0 Å². The molecule has 0 spiro atoms. The van der Waals surface area contributed by atoms with Crippen molar-refractivity contribution in [1.29, 1.82) is 0 Å². The largest absolute Gasteiger partial charge is 0.0999 e. The second-order valence-corrected chi connectivity index (χ2v) is 13.1. The molecule has 2 fully saturated rings. The number of allylic oxidation sites excluding steroid dienone is 1. The van der Waals surface area contributed by atoms with E-state index in [-0.39, 0.29) is 0 Å². The van der Waals surface area contributed by atoms with E-state index in [1.165, 1.54) is 69.8 Å². The molecule has 2 saturated carbocycles. The maximum Gasteiger partial charge on any atom is 0.0445 e. The molecule has 0 aromatic carbocycles. The van der Waals surface area contributed by atoms with E-state index < -0.39 is 8.07 Å². The zero-order valence-electron chi connectivity index (χ0n) is 13.1. The zero-order chi connectivity index (χ0) is 13.4. The van der Waals surface area contributed by atoms with Crippen LogP contribution < -0.4 is 0 Å². The van der Waals surface area contributed by atoms with Crippen molar-refractivity contribution in [2.75, 3.05) is 0 Å². The molecular formula is C17H34Si. The summed E-state index contributed by atoms with van der Waals surface area (Å²) in [6.07, 6.45) is 14.4. The molecule has 0 radical (unpaired) electrons. The molecule has 2 aliphatic rings. The van der Waals surface area contributed by atoms with Gasteiger partial charge in [0.15, 0.2) is 0 Å². The van der Waals surface area contributed by atoms with E-state index >= 15 is 0 Å². The van der Waals surface area contributed by atoms with E-state index in [0.29, 0.717) is 0 Å². The summed E-state index contributed by atoms with van der Waals surface area (Å²) < 4.78 is 0. The molecule has 0 nitrogen and oxygen atoms in total. The first kappa shape index (κ1) is 16.0. The first-order valence-electron chi connectivity index (χ1n) is 8.14. The predicted molar refractivity (Wildman–Crippen MR) is 87.0 cm³/mol. The van der Waals surface area contributed by atoms with Crippen LogP contribution in [0.4, 0.5) is 0 Å². The summed E-state index contributed by atoms with van der Waals surface area (Å²) in [6.45, 7) is 11.4. The van der Waals surface area contributed by atoms with Crippen LogP contribution in [0.3, 0.4) is 0 Å². The summed E-state index contributed by atoms with van der Waals surface area (Å²) in [5, 5.41) is 0. The standard InChI is InChI=1S/C10H22Si.C7H12/c1-11(2,3)9-10-7-5-4-6-8-10;1-7-5-3-2-4-6-7/h10H,4-9H2,1-3H3;1-6H2. The van der Waals surface area contributed by atoms with E-state index in [2.05, 4.69) is 26.2 Å². The van der Waals surface area contributed by atoms with Gasteiger partial charge >= 0.3 is 0 Å². The molecular weight excluding hydrogens is 232 g/mol. The highest BCUT2D eigenvalue weighted by molar-refractivity contribution is 6.76. The second kappa shape index (κ2) is 8.19. The Morgan fingerprint density at radius 3 is 1.78 bits per heavy atom. The first-order valence-corrected chi connectivity index (χ1v) is 11.8. The Balaban J connectivity index is 0.000000199. The van der Waals surface area contributed by atoms with Crippen molar-refractivity contribution in [3.05, 3.63) is 12.2 Å². The molecule has 0 aromatic heterocycles. The third kappa shape index (κ3) is 8.13. The molecule has 18 heavy (non-hydrogen) atoms. The Morgan fingerprint density at radius 2 is 1.39 bits per heavy atom. The summed E-state index contributed by atoms with van der Waals surface area (Å²) in [6, 6.07) is 1.58. The van der Waals surface area contributed by atoms with Crippen molar-refractivity contribution in [2.45, 2.75) is 89.9 Å². The molecule has 0 saturated heterocycles. The van der Waals surface area contributed by atoms with Crippen molar-refractivity contribution in [1.82, 2.24) is 0 Å². The summed E-state index contributed by atoms with van der Waals surface area (Å²) in [5.41, 5.74) is 1.46. The van der Waals surface area contributed by atoms with Crippen molar-refractivity contribution in [2.24, 2.45) is 5.92 Å². The van der Waals surface area contributed by atoms with Crippen LogP contribution in [-0.2, 0) is 0 Å². The van der Waals surface area contributed by atoms with Crippen LogP contribution in [0.25, 0.3) is 0 Å². The summed E-state index contributed by atoms with van der Waals surface area (Å²) in [5.74, 6) is 1.11. The van der Waals surface area contributed by atoms with Gasteiger partial charge in [0.1, 0.15) is 0 Å². The SMILES string of the molecule is C=C1CCCCC1.C[Si](C)(C)CC1CCCCC1. The average Bonchev–Trinajstić information content (AvgIpc) is 2.30. The molecule has 0 N–H and O–H groups in total. The Bertz CT molecular complexity index is 222. The highest BCUT2D eigenvalue weighted by Crippen LogP contribution is 2.30. The van der Waals surface area contributed by atoms with E-state index in [1.54, 1.807) is 6.04 Å². The van der Waals surface area contributed by atoms with Crippen molar-refractivity contribution in [3.63, 3.8) is 0 Å². The number of hydrogen-bond donors (Lipinski definition) is 0. The van der Waals surface area contributed by atoms with Crippen LogP contribution >= 0.6 is 0 Å². The maximum absolute atomic E-state index is 3.91. The lowest BCUT2D eigenvalue weighted by atomic mass is 9.91. The van der Waals surface area contributed by atoms with E-state index in [1.807, 2.05) is 0 Å². The molecule has 106 valence electrons. The molecule has 2 aliphatic carbocycles. The lowest BCUT2D eigenvalue weighted by Crippen LogP contribution is -2.24. The van der Waals surface area contributed by atoms with Gasteiger partial charge in [-0.15, -0.1) is 0 Å². The summed E-state index contributed by atoms with van der Waals surface area (Å²) in [7, 11) is -0.745. The van der Waals surface area contributed by atoms with Gasteiger partial charge in [0.25, 0.3) is 0 Å². The summed E-state index contributed by atoms with van der Waals surface area (Å²) >= 11 is 0. The van der Waals surface area contributed by atoms with E-state index in [4.69, 9.17) is 0 Å². The minimum absolute atomic E-state index is 0.745. The molecule has 0 unspecified atom stereocenters. The second-order valence-electron chi connectivity index (χ2n) is 7.58. The lowest BCUT2D eigenvalue weighted by molar-refractivity contribution is 0.382. The fraction of sp³-hybridized carbons (Fsp3) is 0.882. The molecule has 0 aromatic rings. The van der Waals surface area contributed by atoms with Crippen LogP contribution in [0.1, 0.15) is 64.2 Å². The van der Waals surface area contributed by atoms with Crippen LogP contribution in [0, 0.1) is 5.92 Å². The van der Waals surface area contributed by atoms with Crippen molar-refractivity contribution >= 4 is 8.07 Å². The third-order valence-corrected chi connectivity index (χ3v) is 5.99. The highest BCUT2D eigenvalue weighted by atomic mass is 28.3. The van der Waals surface area contributed by atoms with Crippen molar-refractivity contribution in [3.8, 4) is 0 Å². The van der Waals surface area contributed by atoms with Gasteiger partial charge < -0.3 is 0 Å². The van der Waals surface area contributed by atoms with E-state index in [9.17, 15) is 0 Å². The Morgan fingerprint density at radius 1 is 0.889 bits per heavy atom. The average molecular weight is 267 g/mol. The Kier molecular flexibility index (Phi) is 7.29. The fourth-order valence-corrected chi connectivity index (χ4v) is 5.45. The minimum atomic E-state index is -0.745.